The number of hydrogen-bond acceptors (Lipinski definition) is 6. The fraction of sp³-hybridized carbons (Fsp3) is 0.474. The molecule has 0 saturated carbocycles. The molecule has 1 aliphatic rings. The van der Waals surface area contributed by atoms with Gasteiger partial charge in [0.15, 0.2) is 0 Å². The zero-order valence-electron chi connectivity index (χ0n) is 16.7. The molecule has 0 amide bonds. The summed E-state index contributed by atoms with van der Waals surface area (Å²) in [7, 11) is -7.19. The molecular weight excluding hydrogens is 432 g/mol. The van der Waals surface area contributed by atoms with Gasteiger partial charge in [0.25, 0.3) is 0 Å². The predicted octanol–water partition coefficient (Wildman–Crippen LogP) is 2.98. The third-order valence-electron chi connectivity index (χ3n) is 4.68. The van der Waals surface area contributed by atoms with Gasteiger partial charge in [0.05, 0.1) is 11.0 Å². The number of ether oxygens (including phenoxy) is 1. The van der Waals surface area contributed by atoms with Crippen LogP contribution in [-0.4, -0.2) is 46.4 Å². The maximum absolute atomic E-state index is 13.0. The largest absolute Gasteiger partial charge is 0.491 e. The molecule has 1 aromatic heterocycles. The lowest BCUT2D eigenvalue weighted by molar-refractivity contribution is 0.240. The average Bonchev–Trinajstić information content (AvgIpc) is 3.19. The zero-order valence-corrected chi connectivity index (χ0v) is 19.1. The van der Waals surface area contributed by atoms with Crippen molar-refractivity contribution in [1.82, 2.24) is 9.03 Å². The average molecular weight is 459 g/mol. The van der Waals surface area contributed by atoms with Crippen molar-refractivity contribution < 1.29 is 21.6 Å². The van der Waals surface area contributed by atoms with Crippen LogP contribution >= 0.6 is 11.3 Å². The fourth-order valence-electron chi connectivity index (χ4n) is 3.23. The molecule has 0 radical (unpaired) electrons. The van der Waals surface area contributed by atoms with E-state index in [1.54, 1.807) is 35.7 Å². The van der Waals surface area contributed by atoms with Gasteiger partial charge in [-0.3, -0.25) is 0 Å². The molecule has 0 atom stereocenters. The van der Waals surface area contributed by atoms with Crippen LogP contribution in [0, 0.1) is 6.92 Å². The molecule has 1 fully saturated rings. The molecule has 7 nitrogen and oxygen atoms in total. The van der Waals surface area contributed by atoms with E-state index in [0.717, 1.165) is 16.9 Å². The SMILES string of the molecule is Cc1cc(S(=O)(=O)N2CCC(NS(=O)(=O)c3cccs3)CC2)ccc1OC(C)C. The van der Waals surface area contributed by atoms with E-state index < -0.39 is 20.0 Å². The standard InChI is InChI=1S/C19H26N2O5S3/c1-14(2)26-18-7-6-17(13-15(18)3)29(24,25)21-10-8-16(9-11-21)20-28(22,23)19-5-4-12-27-19/h4-7,12-14,16,20H,8-11H2,1-3H3. The van der Waals surface area contributed by atoms with Crippen molar-refractivity contribution in [3.05, 3.63) is 41.3 Å². The second kappa shape index (κ2) is 8.73. The van der Waals surface area contributed by atoms with Gasteiger partial charge >= 0.3 is 0 Å². The van der Waals surface area contributed by atoms with E-state index in [0.29, 0.717) is 18.6 Å². The Morgan fingerprint density at radius 3 is 2.38 bits per heavy atom. The molecule has 0 unspecified atom stereocenters. The molecule has 1 aliphatic heterocycles. The van der Waals surface area contributed by atoms with E-state index >= 15 is 0 Å². The van der Waals surface area contributed by atoms with E-state index in [2.05, 4.69) is 4.72 Å². The number of rotatable bonds is 7. The van der Waals surface area contributed by atoms with Crippen LogP contribution in [0.2, 0.25) is 0 Å². The van der Waals surface area contributed by atoms with Crippen molar-refractivity contribution in [2.45, 2.75) is 54.9 Å². The first-order valence-electron chi connectivity index (χ1n) is 9.43. The minimum Gasteiger partial charge on any atom is -0.491 e. The van der Waals surface area contributed by atoms with Crippen molar-refractivity contribution in [2.75, 3.05) is 13.1 Å². The second-order valence-electron chi connectivity index (χ2n) is 7.33. The molecule has 0 bridgehead atoms. The van der Waals surface area contributed by atoms with Gasteiger partial charge < -0.3 is 4.74 Å². The van der Waals surface area contributed by atoms with E-state index in [-0.39, 0.29) is 34.3 Å². The third kappa shape index (κ3) is 5.18. The lowest BCUT2D eigenvalue weighted by atomic mass is 10.1. The van der Waals surface area contributed by atoms with Crippen LogP contribution in [0.25, 0.3) is 0 Å². The second-order valence-corrected chi connectivity index (χ2v) is 12.2. The van der Waals surface area contributed by atoms with Gasteiger partial charge in [-0.1, -0.05) is 6.07 Å². The van der Waals surface area contributed by atoms with Crippen LogP contribution in [0.3, 0.4) is 0 Å². The minimum absolute atomic E-state index is 0.00754. The van der Waals surface area contributed by atoms with Gasteiger partial charge in [-0.05, 0) is 68.8 Å². The summed E-state index contributed by atoms with van der Waals surface area (Å²) in [5, 5.41) is 1.71. The van der Waals surface area contributed by atoms with Crippen LogP contribution in [0.5, 0.6) is 5.75 Å². The number of benzene rings is 1. The number of thiophene rings is 1. The van der Waals surface area contributed by atoms with Crippen molar-refractivity contribution in [2.24, 2.45) is 0 Å². The van der Waals surface area contributed by atoms with E-state index in [4.69, 9.17) is 4.74 Å². The molecule has 0 aliphatic carbocycles. The highest BCUT2D eigenvalue weighted by molar-refractivity contribution is 7.91. The summed E-state index contributed by atoms with van der Waals surface area (Å²) in [6.45, 7) is 6.19. The fourth-order valence-corrected chi connectivity index (χ4v) is 7.10. The summed E-state index contributed by atoms with van der Waals surface area (Å²) in [5.41, 5.74) is 0.762. The predicted molar refractivity (Wildman–Crippen MR) is 113 cm³/mol. The Labute approximate surface area is 176 Å². The summed E-state index contributed by atoms with van der Waals surface area (Å²) < 4.78 is 60.8. The summed E-state index contributed by atoms with van der Waals surface area (Å²) in [4.78, 5) is 0.226. The first kappa shape index (κ1) is 22.2. The molecule has 10 heteroatoms. The molecular formula is C19H26N2O5S3. The van der Waals surface area contributed by atoms with Crippen LogP contribution in [-0.2, 0) is 20.0 Å². The molecule has 1 N–H and O–H groups in total. The summed E-state index contributed by atoms with van der Waals surface area (Å²) in [5.74, 6) is 0.667. The minimum atomic E-state index is -3.64. The van der Waals surface area contributed by atoms with Gasteiger partial charge in [-0.25, -0.2) is 21.6 Å². The highest BCUT2D eigenvalue weighted by Gasteiger charge is 2.31. The Morgan fingerprint density at radius 2 is 1.83 bits per heavy atom. The molecule has 0 spiro atoms. The van der Waals surface area contributed by atoms with Gasteiger partial charge in [0, 0.05) is 19.1 Å². The maximum atomic E-state index is 13.0. The van der Waals surface area contributed by atoms with E-state index in [9.17, 15) is 16.8 Å². The number of nitrogens with zero attached hydrogens (tertiary/aromatic N) is 1. The molecule has 160 valence electrons. The Hall–Kier alpha value is -1.46. The number of piperidine rings is 1. The van der Waals surface area contributed by atoms with Crippen LogP contribution in [0.1, 0.15) is 32.3 Å². The first-order valence-corrected chi connectivity index (χ1v) is 13.2. The summed E-state index contributed by atoms with van der Waals surface area (Å²) in [6.07, 6.45) is 0.863. The Balaban J connectivity index is 1.66. The Bertz CT molecular complexity index is 1040. The lowest BCUT2D eigenvalue weighted by Crippen LogP contribution is -2.46. The van der Waals surface area contributed by atoms with Crippen LogP contribution in [0.4, 0.5) is 0 Å². The van der Waals surface area contributed by atoms with Crippen molar-refractivity contribution in [3.63, 3.8) is 0 Å². The van der Waals surface area contributed by atoms with E-state index in [1.807, 2.05) is 20.8 Å². The Kier molecular flexibility index (Phi) is 6.69. The molecule has 1 saturated heterocycles. The summed E-state index contributed by atoms with van der Waals surface area (Å²) >= 11 is 1.16. The Morgan fingerprint density at radius 1 is 1.14 bits per heavy atom. The number of nitrogens with one attached hydrogen (secondary N) is 1. The molecule has 1 aromatic carbocycles. The van der Waals surface area contributed by atoms with E-state index in [1.165, 1.54) is 4.31 Å². The first-order chi connectivity index (χ1) is 13.6. The van der Waals surface area contributed by atoms with Crippen molar-refractivity contribution in [3.8, 4) is 5.75 Å². The van der Waals surface area contributed by atoms with Crippen LogP contribution < -0.4 is 9.46 Å². The zero-order chi connectivity index (χ0) is 21.2. The molecule has 29 heavy (non-hydrogen) atoms. The number of hydrogen-bond donors (Lipinski definition) is 1. The molecule has 2 heterocycles. The topological polar surface area (TPSA) is 92.8 Å². The van der Waals surface area contributed by atoms with Crippen molar-refractivity contribution >= 4 is 31.4 Å². The van der Waals surface area contributed by atoms with Crippen molar-refractivity contribution in [1.29, 1.82) is 0 Å². The highest BCUT2D eigenvalue weighted by atomic mass is 32.2. The number of aryl methyl sites for hydroxylation is 1. The molecule has 2 aromatic rings. The molecule has 3 rings (SSSR count). The van der Waals surface area contributed by atoms with Gasteiger partial charge in [0.2, 0.25) is 20.0 Å². The normalized spacial score (nSPS) is 17.0. The number of sulfonamides is 2. The summed E-state index contributed by atoms with van der Waals surface area (Å²) in [6, 6.07) is 7.83. The monoisotopic (exact) mass is 458 g/mol. The van der Waals surface area contributed by atoms with Gasteiger partial charge in [0.1, 0.15) is 9.96 Å². The quantitative estimate of drug-likeness (QED) is 0.689. The maximum Gasteiger partial charge on any atom is 0.250 e. The lowest BCUT2D eigenvalue weighted by Gasteiger charge is -2.31. The van der Waals surface area contributed by atoms with Gasteiger partial charge in [-0.2, -0.15) is 4.31 Å². The smallest absolute Gasteiger partial charge is 0.250 e. The third-order valence-corrected chi connectivity index (χ3v) is 9.50. The highest BCUT2D eigenvalue weighted by Crippen LogP contribution is 2.27. The van der Waals surface area contributed by atoms with Crippen LogP contribution in [0.15, 0.2) is 44.8 Å². The van der Waals surface area contributed by atoms with Gasteiger partial charge in [-0.15, -0.1) is 11.3 Å².